The van der Waals surface area contributed by atoms with E-state index in [0.717, 1.165) is 32.5 Å². The molecule has 12 nitrogen and oxygen atoms in total. The lowest BCUT2D eigenvalue weighted by Gasteiger charge is -2.29. The predicted molar refractivity (Wildman–Crippen MR) is 237 cm³/mol. The van der Waals surface area contributed by atoms with Gasteiger partial charge in [0.2, 0.25) is 10.1 Å². The molecule has 302 valence electrons. The van der Waals surface area contributed by atoms with E-state index in [4.69, 9.17) is 19.4 Å². The fourth-order valence-corrected chi connectivity index (χ4v) is 8.06. The molecule has 0 radical (unpaired) electrons. The van der Waals surface area contributed by atoms with Gasteiger partial charge < -0.3 is 30.3 Å². The maximum atomic E-state index is 11.7. The molecule has 6 aromatic heterocycles. The number of anilines is 4. The Kier molecular flexibility index (Phi) is 11.6. The average Bonchev–Trinajstić information content (AvgIpc) is 3.81. The van der Waals surface area contributed by atoms with Crippen molar-refractivity contribution in [1.82, 2.24) is 29.9 Å². The molecule has 2 unspecified atom stereocenters. The first kappa shape index (κ1) is 40.2. The van der Waals surface area contributed by atoms with E-state index in [1.807, 2.05) is 74.5 Å². The smallest absolute Gasteiger partial charge is 0.208 e. The fraction of sp³-hybridized carbons (Fsp3) is 0.174. The molecule has 0 fully saturated rings. The van der Waals surface area contributed by atoms with E-state index >= 15 is 0 Å². The summed E-state index contributed by atoms with van der Waals surface area (Å²) < 4.78 is 12.6. The number of thiazole rings is 2. The van der Waals surface area contributed by atoms with Crippen molar-refractivity contribution < 1.29 is 19.7 Å². The summed E-state index contributed by atoms with van der Waals surface area (Å²) in [6, 6.07) is 34.2. The molecule has 0 spiro atoms. The van der Waals surface area contributed by atoms with E-state index < -0.39 is 11.2 Å². The minimum Gasteiger partial charge on any atom is -0.444 e. The van der Waals surface area contributed by atoms with Crippen LogP contribution in [0.25, 0.3) is 22.5 Å². The molecule has 8 rings (SSSR count). The van der Waals surface area contributed by atoms with Gasteiger partial charge in [0.1, 0.15) is 45.7 Å². The first-order valence-electron chi connectivity index (χ1n) is 19.2. The second-order valence-corrected chi connectivity index (χ2v) is 16.9. The lowest BCUT2D eigenvalue weighted by molar-refractivity contribution is -0.0119. The Hall–Kier alpha value is -6.58. The van der Waals surface area contributed by atoms with Crippen LogP contribution < -0.4 is 20.1 Å². The van der Waals surface area contributed by atoms with E-state index in [1.54, 1.807) is 87.2 Å². The van der Waals surface area contributed by atoms with Crippen LogP contribution in [-0.4, -0.2) is 40.1 Å². The number of aromatic nitrogens is 6. The molecule has 4 N–H and O–H groups in total. The third-order valence-electron chi connectivity index (χ3n) is 9.65. The Morgan fingerprint density at radius 1 is 0.533 bits per heavy atom. The van der Waals surface area contributed by atoms with Gasteiger partial charge in [0.15, 0.2) is 0 Å². The monoisotopic (exact) mass is 834 g/mol. The number of aliphatic hydroxyl groups is 2. The largest absolute Gasteiger partial charge is 0.444 e. The van der Waals surface area contributed by atoms with Crippen LogP contribution in [0.4, 0.5) is 23.0 Å². The highest BCUT2D eigenvalue weighted by molar-refractivity contribution is 7.14. The minimum absolute atomic E-state index is 0.193. The van der Waals surface area contributed by atoms with Crippen LogP contribution in [0.5, 0.6) is 21.6 Å². The average molecular weight is 835 g/mol. The van der Waals surface area contributed by atoms with Gasteiger partial charge in [0.25, 0.3) is 0 Å². The highest BCUT2D eigenvalue weighted by Crippen LogP contribution is 2.40. The third-order valence-corrected chi connectivity index (χ3v) is 11.3. The number of benzene rings is 2. The summed E-state index contributed by atoms with van der Waals surface area (Å²) in [6.07, 6.45) is 6.98. The van der Waals surface area contributed by atoms with Crippen LogP contribution >= 0.6 is 22.7 Å². The Bertz CT molecular complexity index is 2540. The zero-order chi connectivity index (χ0) is 41.7. The number of hydrogen-bond donors (Lipinski definition) is 4. The molecule has 0 aliphatic heterocycles. The van der Waals surface area contributed by atoms with E-state index in [2.05, 4.69) is 30.6 Å². The highest BCUT2D eigenvalue weighted by Gasteiger charge is 2.32. The molecule has 14 heteroatoms. The van der Waals surface area contributed by atoms with Crippen LogP contribution in [0.1, 0.15) is 48.1 Å². The molecule has 0 saturated heterocycles. The Balaban J connectivity index is 0.906. The Morgan fingerprint density at radius 2 is 0.933 bits per heavy atom. The summed E-state index contributed by atoms with van der Waals surface area (Å²) in [5.41, 5.74) is 3.00. The summed E-state index contributed by atoms with van der Waals surface area (Å²) in [6.45, 7) is 7.28. The van der Waals surface area contributed by atoms with E-state index in [1.165, 1.54) is 22.7 Å². The van der Waals surface area contributed by atoms with Crippen molar-refractivity contribution in [3.05, 3.63) is 155 Å². The second kappa shape index (κ2) is 17.3. The van der Waals surface area contributed by atoms with Crippen molar-refractivity contribution in [2.75, 3.05) is 10.6 Å². The number of rotatable bonds is 15. The summed E-state index contributed by atoms with van der Waals surface area (Å²) in [7, 11) is 0. The van der Waals surface area contributed by atoms with Crippen molar-refractivity contribution in [2.45, 2.75) is 51.7 Å². The predicted octanol–water partition coefficient (Wildman–Crippen LogP) is 11.1. The van der Waals surface area contributed by atoms with Crippen LogP contribution in [0, 0.1) is 13.8 Å². The van der Waals surface area contributed by atoms with Gasteiger partial charge in [-0.15, -0.1) is 0 Å². The summed E-state index contributed by atoms with van der Waals surface area (Å²) in [5.74, 6) is 2.30. The van der Waals surface area contributed by atoms with Crippen molar-refractivity contribution in [3.63, 3.8) is 0 Å². The number of pyridine rings is 4. The van der Waals surface area contributed by atoms with E-state index in [0.29, 0.717) is 56.0 Å². The number of nitrogens with zero attached hydrogens (tertiary/aromatic N) is 6. The quantitative estimate of drug-likeness (QED) is 0.0775. The molecule has 0 bridgehead atoms. The van der Waals surface area contributed by atoms with Crippen molar-refractivity contribution in [3.8, 4) is 44.1 Å². The summed E-state index contributed by atoms with van der Waals surface area (Å²) >= 11 is 2.96. The zero-order valence-corrected chi connectivity index (χ0v) is 35.0. The molecule has 0 saturated carbocycles. The van der Waals surface area contributed by atoms with Gasteiger partial charge in [-0.1, -0.05) is 83.3 Å². The maximum Gasteiger partial charge on any atom is 0.208 e. The first-order valence-corrected chi connectivity index (χ1v) is 20.9. The van der Waals surface area contributed by atoms with Crippen LogP contribution in [-0.2, 0) is 11.2 Å². The van der Waals surface area contributed by atoms with Crippen LogP contribution in [0.2, 0.25) is 0 Å². The Labute approximate surface area is 355 Å². The summed E-state index contributed by atoms with van der Waals surface area (Å²) in [4.78, 5) is 27.3. The molecule has 6 heterocycles. The van der Waals surface area contributed by atoms with Crippen molar-refractivity contribution in [1.29, 1.82) is 0 Å². The molecule has 2 aromatic carbocycles. The SMILES string of the molecule is Cc1nc(-c2ccccc2)c(Oc2ccnc(Nc3ccnc(C(C)(O)CCC(C)(O)c4cc(Nc5cc(Oc6sc(C)nc6-c6ccccc6)ccn5)ccn4)c3)c2)s1. The van der Waals surface area contributed by atoms with Crippen LogP contribution in [0.15, 0.2) is 134 Å². The topological polar surface area (TPSA) is 160 Å². The minimum atomic E-state index is -1.38. The molecular formula is C46H42N8O4S2. The Morgan fingerprint density at radius 3 is 1.35 bits per heavy atom. The lowest BCUT2D eigenvalue weighted by atomic mass is 9.87. The number of nitrogens with one attached hydrogen (secondary N) is 2. The van der Waals surface area contributed by atoms with Gasteiger partial charge in [0, 0.05) is 59.4 Å². The number of ether oxygens (including phenoxy) is 2. The molecule has 8 aromatic rings. The molecule has 0 aliphatic carbocycles. The number of hydrogen-bond acceptors (Lipinski definition) is 14. The van der Waals surface area contributed by atoms with Crippen molar-refractivity contribution >= 4 is 45.7 Å². The van der Waals surface area contributed by atoms with E-state index in [-0.39, 0.29) is 12.8 Å². The maximum absolute atomic E-state index is 11.7. The van der Waals surface area contributed by atoms with Gasteiger partial charge in [-0.05, 0) is 76.9 Å². The fourth-order valence-electron chi connectivity index (χ4n) is 6.46. The molecule has 2 atom stereocenters. The lowest BCUT2D eigenvalue weighted by Crippen LogP contribution is -2.29. The van der Waals surface area contributed by atoms with Gasteiger partial charge in [-0.2, -0.15) is 0 Å². The second-order valence-electron chi connectivity index (χ2n) is 14.6. The van der Waals surface area contributed by atoms with Gasteiger partial charge in [-0.25, -0.2) is 19.9 Å². The molecule has 60 heavy (non-hydrogen) atoms. The van der Waals surface area contributed by atoms with Gasteiger partial charge in [-0.3, -0.25) is 9.97 Å². The summed E-state index contributed by atoms with van der Waals surface area (Å²) in [5, 5.41) is 33.2. The first-order chi connectivity index (χ1) is 29.0. The zero-order valence-electron chi connectivity index (χ0n) is 33.3. The normalized spacial score (nSPS) is 13.2. The molecule has 0 amide bonds. The van der Waals surface area contributed by atoms with E-state index in [9.17, 15) is 10.2 Å². The standard InChI is InChI=1S/C46H42N8O4S2/c1-29-51-41(31-11-7-5-8-12-31)43(59-29)57-35-17-23-49-39(27-35)53-33-15-21-47-37(25-33)45(3,55)19-20-46(4,56)38-26-34(16-22-48-38)54-40-28-36(18-24-50-40)58-44-42(52-30(2)60-44)32-13-9-6-10-14-32/h5-18,21-28,55-56H,19-20H2,1-4H3,(H,47,49,53)(H,48,50,54). The van der Waals surface area contributed by atoms with Gasteiger partial charge in [0.05, 0.1) is 21.4 Å². The molecular weight excluding hydrogens is 793 g/mol. The van der Waals surface area contributed by atoms with Crippen LogP contribution in [0.3, 0.4) is 0 Å². The van der Waals surface area contributed by atoms with Crippen molar-refractivity contribution in [2.24, 2.45) is 0 Å². The molecule has 0 aliphatic rings. The highest BCUT2D eigenvalue weighted by atomic mass is 32.1. The number of aryl methyl sites for hydroxylation is 2. The third kappa shape index (κ3) is 9.64. The van der Waals surface area contributed by atoms with Gasteiger partial charge >= 0.3 is 0 Å².